The van der Waals surface area contributed by atoms with Crippen LogP contribution in [0, 0.1) is 0 Å². The fraction of sp³-hybridized carbons (Fsp3) is 0.750. The Morgan fingerprint density at radius 2 is 2.19 bits per heavy atom. The maximum absolute atomic E-state index is 5.58. The van der Waals surface area contributed by atoms with Gasteiger partial charge in [0.25, 0.3) is 0 Å². The average Bonchev–Trinajstić information content (AvgIpc) is 2.73. The Morgan fingerprint density at radius 1 is 1.44 bits per heavy atom. The zero-order chi connectivity index (χ0) is 11.4. The van der Waals surface area contributed by atoms with Crippen molar-refractivity contribution in [3.63, 3.8) is 0 Å². The molecule has 0 aromatic carbocycles. The lowest BCUT2D eigenvalue weighted by molar-refractivity contribution is 0.279. The molecule has 0 amide bonds. The summed E-state index contributed by atoms with van der Waals surface area (Å²) < 4.78 is 7.53. The summed E-state index contributed by atoms with van der Waals surface area (Å²) in [4.78, 5) is 0. The Kier molecular flexibility index (Phi) is 3.83. The zero-order valence-electron chi connectivity index (χ0n) is 9.98. The normalized spacial score (nSPS) is 17.6. The van der Waals surface area contributed by atoms with Crippen molar-refractivity contribution in [2.24, 2.45) is 5.73 Å². The molecular weight excluding hydrogens is 202 g/mol. The molecule has 1 heterocycles. The molecule has 1 fully saturated rings. The molecule has 0 saturated heterocycles. The maximum atomic E-state index is 5.58. The van der Waals surface area contributed by atoms with Crippen LogP contribution in [-0.4, -0.2) is 23.4 Å². The first-order valence-corrected chi connectivity index (χ1v) is 6.17. The Bertz CT molecular complexity index is 329. The fourth-order valence-electron chi connectivity index (χ4n) is 2.52. The largest absolute Gasteiger partial charge is 0.481 e. The molecule has 0 unspecified atom stereocenters. The third-order valence-electron chi connectivity index (χ3n) is 3.35. The Labute approximate surface area is 96.8 Å². The molecule has 1 aromatic heterocycles. The second-order valence-electron chi connectivity index (χ2n) is 4.45. The maximum Gasteiger partial charge on any atom is 0.215 e. The fourth-order valence-corrected chi connectivity index (χ4v) is 2.52. The van der Waals surface area contributed by atoms with Crippen molar-refractivity contribution >= 4 is 0 Å². The standard InChI is InChI=1S/C12H21N3O/c1-16-12-10(7-8-13)9-14-15(12)11-5-3-2-4-6-11/h9,11H,2-8,13H2,1H3. The van der Waals surface area contributed by atoms with Gasteiger partial charge in [-0.15, -0.1) is 0 Å². The van der Waals surface area contributed by atoms with Crippen molar-refractivity contribution in [1.29, 1.82) is 0 Å². The third-order valence-corrected chi connectivity index (χ3v) is 3.35. The first-order valence-electron chi connectivity index (χ1n) is 6.17. The highest BCUT2D eigenvalue weighted by Crippen LogP contribution is 2.32. The van der Waals surface area contributed by atoms with Gasteiger partial charge in [0.1, 0.15) is 0 Å². The van der Waals surface area contributed by atoms with E-state index in [9.17, 15) is 0 Å². The van der Waals surface area contributed by atoms with Gasteiger partial charge in [-0.3, -0.25) is 0 Å². The van der Waals surface area contributed by atoms with E-state index in [1.54, 1.807) is 7.11 Å². The molecule has 0 bridgehead atoms. The molecule has 0 aliphatic heterocycles. The van der Waals surface area contributed by atoms with E-state index in [0.717, 1.165) is 17.9 Å². The average molecular weight is 223 g/mol. The number of nitrogens with zero attached hydrogens (tertiary/aromatic N) is 2. The van der Waals surface area contributed by atoms with Crippen LogP contribution in [0.15, 0.2) is 6.20 Å². The van der Waals surface area contributed by atoms with E-state index in [0.29, 0.717) is 12.6 Å². The monoisotopic (exact) mass is 223 g/mol. The minimum Gasteiger partial charge on any atom is -0.481 e. The lowest BCUT2D eigenvalue weighted by Gasteiger charge is -2.23. The Morgan fingerprint density at radius 3 is 2.81 bits per heavy atom. The van der Waals surface area contributed by atoms with Crippen LogP contribution in [0.3, 0.4) is 0 Å². The molecule has 1 aromatic rings. The first kappa shape index (κ1) is 11.5. The SMILES string of the molecule is COc1c(CCN)cnn1C1CCCCC1. The number of aromatic nitrogens is 2. The second kappa shape index (κ2) is 5.34. The smallest absolute Gasteiger partial charge is 0.215 e. The van der Waals surface area contributed by atoms with Crippen molar-refractivity contribution in [3.05, 3.63) is 11.8 Å². The number of hydrogen-bond acceptors (Lipinski definition) is 3. The van der Waals surface area contributed by atoms with Crippen molar-refractivity contribution in [2.45, 2.75) is 44.6 Å². The van der Waals surface area contributed by atoms with Crippen LogP contribution in [-0.2, 0) is 6.42 Å². The van der Waals surface area contributed by atoms with Gasteiger partial charge in [0.15, 0.2) is 0 Å². The van der Waals surface area contributed by atoms with Gasteiger partial charge in [-0.2, -0.15) is 5.10 Å². The topological polar surface area (TPSA) is 53.1 Å². The predicted molar refractivity (Wildman–Crippen MR) is 63.7 cm³/mol. The summed E-state index contributed by atoms with van der Waals surface area (Å²) in [7, 11) is 1.72. The summed E-state index contributed by atoms with van der Waals surface area (Å²) >= 11 is 0. The van der Waals surface area contributed by atoms with Gasteiger partial charge in [-0.1, -0.05) is 19.3 Å². The van der Waals surface area contributed by atoms with Gasteiger partial charge < -0.3 is 10.5 Å². The highest BCUT2D eigenvalue weighted by molar-refractivity contribution is 5.25. The van der Waals surface area contributed by atoms with E-state index in [-0.39, 0.29) is 0 Å². The van der Waals surface area contributed by atoms with Crippen LogP contribution in [0.2, 0.25) is 0 Å². The van der Waals surface area contributed by atoms with Gasteiger partial charge in [-0.05, 0) is 25.8 Å². The van der Waals surface area contributed by atoms with Crippen molar-refractivity contribution in [3.8, 4) is 5.88 Å². The van der Waals surface area contributed by atoms with Crippen LogP contribution >= 0.6 is 0 Å². The number of nitrogens with two attached hydrogens (primary N) is 1. The minimum atomic E-state index is 0.523. The minimum absolute atomic E-state index is 0.523. The molecule has 1 aliphatic rings. The predicted octanol–water partition coefficient (Wildman–Crippen LogP) is 1.90. The van der Waals surface area contributed by atoms with E-state index >= 15 is 0 Å². The van der Waals surface area contributed by atoms with Gasteiger partial charge in [-0.25, -0.2) is 4.68 Å². The van der Waals surface area contributed by atoms with E-state index in [1.807, 2.05) is 6.20 Å². The summed E-state index contributed by atoms with van der Waals surface area (Å²) in [5, 5.41) is 4.47. The van der Waals surface area contributed by atoms with Crippen LogP contribution in [0.1, 0.15) is 43.7 Å². The molecule has 0 spiro atoms. The van der Waals surface area contributed by atoms with Crippen molar-refractivity contribution < 1.29 is 4.74 Å². The van der Waals surface area contributed by atoms with Gasteiger partial charge in [0.2, 0.25) is 5.88 Å². The van der Waals surface area contributed by atoms with Crippen molar-refractivity contribution in [1.82, 2.24) is 9.78 Å². The number of methoxy groups -OCH3 is 1. The molecule has 2 N–H and O–H groups in total. The Balaban J connectivity index is 2.18. The summed E-state index contributed by atoms with van der Waals surface area (Å²) in [6.07, 6.45) is 9.16. The molecule has 0 radical (unpaired) electrons. The van der Waals surface area contributed by atoms with E-state index in [2.05, 4.69) is 9.78 Å². The molecule has 2 rings (SSSR count). The summed E-state index contributed by atoms with van der Waals surface area (Å²) in [5.74, 6) is 0.914. The van der Waals surface area contributed by atoms with Crippen LogP contribution in [0.25, 0.3) is 0 Å². The molecule has 1 aliphatic carbocycles. The van der Waals surface area contributed by atoms with Crippen LogP contribution in [0.4, 0.5) is 0 Å². The summed E-state index contributed by atoms with van der Waals surface area (Å²) in [6, 6.07) is 0.523. The van der Waals surface area contributed by atoms with Crippen LogP contribution in [0.5, 0.6) is 5.88 Å². The quantitative estimate of drug-likeness (QED) is 0.848. The summed E-state index contributed by atoms with van der Waals surface area (Å²) in [5.41, 5.74) is 6.71. The number of hydrogen-bond donors (Lipinski definition) is 1. The van der Waals surface area contributed by atoms with Gasteiger partial charge >= 0.3 is 0 Å². The van der Waals surface area contributed by atoms with Crippen molar-refractivity contribution in [2.75, 3.05) is 13.7 Å². The Hall–Kier alpha value is -1.03. The molecule has 4 heteroatoms. The second-order valence-corrected chi connectivity index (χ2v) is 4.45. The zero-order valence-corrected chi connectivity index (χ0v) is 9.98. The molecule has 16 heavy (non-hydrogen) atoms. The molecule has 1 saturated carbocycles. The number of ether oxygens (including phenoxy) is 1. The van der Waals surface area contributed by atoms with E-state index in [4.69, 9.17) is 10.5 Å². The molecule has 90 valence electrons. The number of rotatable bonds is 4. The third kappa shape index (κ3) is 2.21. The molecular formula is C12H21N3O. The van der Waals surface area contributed by atoms with Gasteiger partial charge in [0.05, 0.1) is 19.3 Å². The first-order chi connectivity index (χ1) is 7.86. The lowest BCUT2D eigenvalue weighted by Crippen LogP contribution is -2.15. The van der Waals surface area contributed by atoms with E-state index < -0.39 is 0 Å². The molecule has 4 nitrogen and oxygen atoms in total. The van der Waals surface area contributed by atoms with Gasteiger partial charge in [0, 0.05) is 5.56 Å². The lowest BCUT2D eigenvalue weighted by atomic mass is 9.96. The highest BCUT2D eigenvalue weighted by Gasteiger charge is 2.21. The van der Waals surface area contributed by atoms with Crippen LogP contribution < -0.4 is 10.5 Å². The van der Waals surface area contributed by atoms with E-state index in [1.165, 1.54) is 32.1 Å². The highest BCUT2D eigenvalue weighted by atomic mass is 16.5. The summed E-state index contributed by atoms with van der Waals surface area (Å²) in [6.45, 7) is 0.646. The molecule has 0 atom stereocenters.